The van der Waals surface area contributed by atoms with Gasteiger partial charge in [-0.3, -0.25) is 4.79 Å². The minimum atomic E-state index is -0.836. The normalized spacial score (nSPS) is 13.9. The van der Waals surface area contributed by atoms with E-state index in [1.807, 2.05) is 6.08 Å². The van der Waals surface area contributed by atoms with E-state index in [0.717, 1.165) is 38.5 Å². The van der Waals surface area contributed by atoms with E-state index in [9.17, 15) is 15.0 Å². The lowest BCUT2D eigenvalue weighted by molar-refractivity contribution is -0.123. The molecule has 0 saturated heterocycles. The quantitative estimate of drug-likeness (QED) is 0.111. The van der Waals surface area contributed by atoms with Gasteiger partial charge >= 0.3 is 0 Å². The molecule has 0 aliphatic carbocycles. The van der Waals surface area contributed by atoms with E-state index in [1.165, 1.54) is 64.2 Å². The van der Waals surface area contributed by atoms with Gasteiger partial charge in [0.1, 0.15) is 0 Å². The van der Waals surface area contributed by atoms with Crippen molar-refractivity contribution in [3.8, 4) is 0 Å². The average molecular weight is 464 g/mol. The molecule has 0 aliphatic rings. The molecule has 0 spiro atoms. The Bertz CT molecular complexity index is 513. The van der Waals surface area contributed by atoms with E-state index in [-0.39, 0.29) is 12.5 Å². The number of hydrogen-bond donors (Lipinski definition) is 3. The summed E-state index contributed by atoms with van der Waals surface area (Å²) >= 11 is 0. The SMILES string of the molecule is CCC/C=C/C(O)C(CO)NC(=O)CCCCCCCCC/C=C\C/C=C\CCCCCC. The molecular formula is C29H53NO3. The van der Waals surface area contributed by atoms with E-state index in [0.29, 0.717) is 6.42 Å². The van der Waals surface area contributed by atoms with Crippen LogP contribution in [0.3, 0.4) is 0 Å². The molecule has 0 rings (SSSR count). The molecule has 0 aromatic rings. The molecule has 0 saturated carbocycles. The first kappa shape index (κ1) is 31.6. The number of rotatable bonds is 23. The third kappa shape index (κ3) is 22.2. The van der Waals surface area contributed by atoms with Crippen molar-refractivity contribution < 1.29 is 15.0 Å². The van der Waals surface area contributed by atoms with Gasteiger partial charge in [-0.1, -0.05) is 108 Å². The van der Waals surface area contributed by atoms with Crippen LogP contribution in [0.25, 0.3) is 0 Å². The number of carbonyl (C=O) groups is 1. The Morgan fingerprint density at radius 3 is 1.88 bits per heavy atom. The molecule has 0 aliphatic heterocycles. The van der Waals surface area contributed by atoms with Gasteiger partial charge in [-0.15, -0.1) is 0 Å². The summed E-state index contributed by atoms with van der Waals surface area (Å²) in [5.74, 6) is -0.0879. The van der Waals surface area contributed by atoms with Crippen LogP contribution >= 0.6 is 0 Å². The maximum atomic E-state index is 12.1. The van der Waals surface area contributed by atoms with Gasteiger partial charge in [-0.05, 0) is 44.9 Å². The second-order valence-electron chi connectivity index (χ2n) is 9.11. The van der Waals surface area contributed by atoms with Crippen molar-refractivity contribution >= 4 is 5.91 Å². The van der Waals surface area contributed by atoms with Crippen molar-refractivity contribution in [1.82, 2.24) is 5.32 Å². The number of aliphatic hydroxyl groups is 2. The monoisotopic (exact) mass is 463 g/mol. The van der Waals surface area contributed by atoms with Gasteiger partial charge in [0.25, 0.3) is 0 Å². The molecule has 0 aromatic heterocycles. The summed E-state index contributed by atoms with van der Waals surface area (Å²) in [7, 11) is 0. The maximum absolute atomic E-state index is 12.1. The highest BCUT2D eigenvalue weighted by molar-refractivity contribution is 5.76. The largest absolute Gasteiger partial charge is 0.394 e. The number of aliphatic hydroxyl groups excluding tert-OH is 2. The highest BCUT2D eigenvalue weighted by atomic mass is 16.3. The number of allylic oxidation sites excluding steroid dienone is 5. The smallest absolute Gasteiger partial charge is 0.220 e. The topological polar surface area (TPSA) is 69.6 Å². The first-order valence-corrected chi connectivity index (χ1v) is 13.7. The zero-order chi connectivity index (χ0) is 24.4. The average Bonchev–Trinajstić information content (AvgIpc) is 2.81. The predicted molar refractivity (Wildman–Crippen MR) is 142 cm³/mol. The summed E-state index contributed by atoms with van der Waals surface area (Å²) in [5.41, 5.74) is 0. The number of amides is 1. The second-order valence-corrected chi connectivity index (χ2v) is 9.11. The first-order chi connectivity index (χ1) is 16.2. The van der Waals surface area contributed by atoms with Crippen LogP contribution in [0.5, 0.6) is 0 Å². The number of nitrogens with one attached hydrogen (secondary N) is 1. The molecule has 0 fully saturated rings. The Morgan fingerprint density at radius 2 is 1.30 bits per heavy atom. The van der Waals surface area contributed by atoms with E-state index in [4.69, 9.17) is 0 Å². The van der Waals surface area contributed by atoms with Gasteiger partial charge in [-0.2, -0.15) is 0 Å². The molecule has 2 unspecified atom stereocenters. The zero-order valence-corrected chi connectivity index (χ0v) is 21.6. The minimum absolute atomic E-state index is 0.0879. The molecule has 3 N–H and O–H groups in total. The van der Waals surface area contributed by atoms with Crippen molar-refractivity contribution in [2.24, 2.45) is 0 Å². The zero-order valence-electron chi connectivity index (χ0n) is 21.6. The van der Waals surface area contributed by atoms with E-state index in [1.54, 1.807) is 6.08 Å². The molecule has 0 radical (unpaired) electrons. The lowest BCUT2D eigenvalue weighted by Crippen LogP contribution is -2.45. The first-order valence-electron chi connectivity index (χ1n) is 13.7. The summed E-state index contributed by atoms with van der Waals surface area (Å²) in [6.45, 7) is 4.06. The molecule has 4 heteroatoms. The third-order valence-electron chi connectivity index (χ3n) is 5.85. The fraction of sp³-hybridized carbons (Fsp3) is 0.759. The third-order valence-corrected chi connectivity index (χ3v) is 5.85. The Kier molecular flexibility index (Phi) is 24.2. The van der Waals surface area contributed by atoms with Gasteiger partial charge in [0, 0.05) is 6.42 Å². The summed E-state index contributed by atoms with van der Waals surface area (Å²) < 4.78 is 0. The number of carbonyl (C=O) groups excluding carboxylic acids is 1. The fourth-order valence-electron chi connectivity index (χ4n) is 3.68. The van der Waals surface area contributed by atoms with E-state index >= 15 is 0 Å². The van der Waals surface area contributed by atoms with Crippen molar-refractivity contribution in [2.45, 2.75) is 135 Å². The van der Waals surface area contributed by atoms with Gasteiger partial charge in [0.15, 0.2) is 0 Å². The maximum Gasteiger partial charge on any atom is 0.220 e. The molecular weight excluding hydrogens is 410 g/mol. The summed E-state index contributed by atoms with van der Waals surface area (Å²) in [5, 5.41) is 22.2. The Hall–Kier alpha value is -1.39. The fourth-order valence-corrected chi connectivity index (χ4v) is 3.68. The molecule has 0 bridgehead atoms. The molecule has 1 amide bonds. The lowest BCUT2D eigenvalue weighted by atomic mass is 10.1. The summed E-state index contributed by atoms with van der Waals surface area (Å²) in [4.78, 5) is 12.1. The standard InChI is InChI=1S/C29H53NO3/c1-3-5-7-8-9-10-11-12-13-14-15-16-17-18-19-20-21-23-25-29(33)30-27(26-31)28(32)24-22-6-4-2/h10-11,13-14,22,24,27-28,31-32H,3-9,12,15-21,23,25-26H2,1-2H3,(H,30,33)/b11-10-,14-13-,24-22+. The van der Waals surface area contributed by atoms with Crippen LogP contribution in [0.2, 0.25) is 0 Å². The molecule has 4 nitrogen and oxygen atoms in total. The minimum Gasteiger partial charge on any atom is -0.394 e. The van der Waals surface area contributed by atoms with Crippen LogP contribution < -0.4 is 5.32 Å². The molecule has 192 valence electrons. The highest BCUT2D eigenvalue weighted by Gasteiger charge is 2.17. The van der Waals surface area contributed by atoms with Crippen molar-refractivity contribution in [3.63, 3.8) is 0 Å². The number of hydrogen-bond acceptors (Lipinski definition) is 3. The van der Waals surface area contributed by atoms with E-state index < -0.39 is 12.1 Å². The van der Waals surface area contributed by atoms with Crippen LogP contribution in [0.15, 0.2) is 36.5 Å². The lowest BCUT2D eigenvalue weighted by Gasteiger charge is -2.19. The van der Waals surface area contributed by atoms with Crippen LogP contribution in [-0.4, -0.2) is 34.9 Å². The van der Waals surface area contributed by atoms with Crippen LogP contribution in [0, 0.1) is 0 Å². The molecule has 0 aromatic carbocycles. The van der Waals surface area contributed by atoms with Crippen molar-refractivity contribution in [3.05, 3.63) is 36.5 Å². The van der Waals surface area contributed by atoms with Crippen LogP contribution in [-0.2, 0) is 4.79 Å². The van der Waals surface area contributed by atoms with E-state index in [2.05, 4.69) is 43.5 Å². The van der Waals surface area contributed by atoms with Gasteiger partial charge < -0.3 is 15.5 Å². The second kappa shape index (κ2) is 25.2. The summed E-state index contributed by atoms with van der Waals surface area (Å²) in [6, 6.07) is -0.619. The van der Waals surface area contributed by atoms with Crippen LogP contribution in [0.1, 0.15) is 123 Å². The van der Waals surface area contributed by atoms with Crippen molar-refractivity contribution in [1.29, 1.82) is 0 Å². The van der Waals surface area contributed by atoms with Crippen LogP contribution in [0.4, 0.5) is 0 Å². The summed E-state index contributed by atoms with van der Waals surface area (Å²) in [6.07, 6.45) is 31.2. The Labute approximate surface area is 204 Å². The highest BCUT2D eigenvalue weighted by Crippen LogP contribution is 2.11. The predicted octanol–water partition coefficient (Wildman–Crippen LogP) is 7.16. The Morgan fingerprint density at radius 1 is 0.727 bits per heavy atom. The van der Waals surface area contributed by atoms with Gasteiger partial charge in [0.2, 0.25) is 5.91 Å². The number of unbranched alkanes of at least 4 members (excludes halogenated alkanes) is 12. The Balaban J connectivity index is 3.55. The van der Waals surface area contributed by atoms with Crippen molar-refractivity contribution in [2.75, 3.05) is 6.61 Å². The molecule has 2 atom stereocenters. The molecule has 0 heterocycles. The van der Waals surface area contributed by atoms with Gasteiger partial charge in [0.05, 0.1) is 18.8 Å². The molecule has 33 heavy (non-hydrogen) atoms. The van der Waals surface area contributed by atoms with Gasteiger partial charge in [-0.25, -0.2) is 0 Å².